The van der Waals surface area contributed by atoms with Crippen LogP contribution in [0.1, 0.15) is 19.3 Å². The SMILES string of the molecule is CN1CC(COc2nc(N3CC4CCC(C3)N4)c3cnc(-c4cccc5cccc(Cl)c45)c(F)c3n2)CC1O. The standard InChI is InChI=1S/C29H30ClFN6O2/c1-36-12-16(10-23(36)38)15-39-29-34-27-21(28(35-29)37-13-18-8-9-19(14-37)33-18)11-32-26(25(27)31)20-6-2-4-17-5-3-7-22(30)24(17)20/h2-7,11,16,18-19,23,33,38H,8-10,12-15H2,1H3. The molecule has 3 aliphatic rings. The van der Waals surface area contributed by atoms with Gasteiger partial charge in [-0.25, -0.2) is 4.39 Å². The van der Waals surface area contributed by atoms with Gasteiger partial charge in [0.2, 0.25) is 0 Å². The van der Waals surface area contributed by atoms with Crippen LogP contribution in [-0.4, -0.2) is 76.6 Å². The van der Waals surface area contributed by atoms with E-state index in [1.165, 1.54) is 0 Å². The molecule has 0 aliphatic carbocycles. The lowest BCUT2D eigenvalue weighted by atomic mass is 10.0. The fourth-order valence-electron chi connectivity index (χ4n) is 6.37. The van der Waals surface area contributed by atoms with Crippen molar-refractivity contribution >= 4 is 39.1 Å². The number of anilines is 1. The average Bonchev–Trinajstić information content (AvgIpc) is 3.45. The van der Waals surface area contributed by atoms with Crippen LogP contribution in [0.2, 0.25) is 5.02 Å². The number of nitrogens with zero attached hydrogens (tertiary/aromatic N) is 5. The van der Waals surface area contributed by atoms with Crippen LogP contribution in [0.4, 0.5) is 10.2 Å². The summed E-state index contributed by atoms with van der Waals surface area (Å²) in [6.07, 6.45) is 4.03. The van der Waals surface area contributed by atoms with E-state index in [1.807, 2.05) is 42.3 Å². The number of halogens is 2. The van der Waals surface area contributed by atoms with Gasteiger partial charge in [0.25, 0.3) is 0 Å². The van der Waals surface area contributed by atoms with E-state index in [4.69, 9.17) is 21.3 Å². The first-order valence-corrected chi connectivity index (χ1v) is 13.9. The molecule has 5 heterocycles. The highest BCUT2D eigenvalue weighted by Crippen LogP contribution is 2.38. The van der Waals surface area contributed by atoms with Crippen molar-refractivity contribution in [3.05, 3.63) is 53.4 Å². The Morgan fingerprint density at radius 2 is 1.87 bits per heavy atom. The number of fused-ring (bicyclic) bond motifs is 4. The number of likely N-dealkylation sites (tertiary alicyclic amines) is 1. The van der Waals surface area contributed by atoms with Gasteiger partial charge in [-0.15, -0.1) is 0 Å². The summed E-state index contributed by atoms with van der Waals surface area (Å²) in [6.45, 7) is 2.62. The average molecular weight is 549 g/mol. The Balaban J connectivity index is 1.33. The molecule has 2 N–H and O–H groups in total. The fraction of sp³-hybridized carbons (Fsp3) is 0.414. The fourth-order valence-corrected chi connectivity index (χ4v) is 6.66. The van der Waals surface area contributed by atoms with Crippen molar-refractivity contribution in [3.8, 4) is 17.3 Å². The highest BCUT2D eigenvalue weighted by Gasteiger charge is 2.34. The Kier molecular flexibility index (Phi) is 6.27. The summed E-state index contributed by atoms with van der Waals surface area (Å²) in [5.41, 5.74) is 0.986. The van der Waals surface area contributed by atoms with Crippen molar-refractivity contribution < 1.29 is 14.2 Å². The van der Waals surface area contributed by atoms with E-state index in [0.29, 0.717) is 53.4 Å². The zero-order chi connectivity index (χ0) is 26.7. The molecular weight excluding hydrogens is 519 g/mol. The molecule has 2 aromatic heterocycles. The van der Waals surface area contributed by atoms with Crippen LogP contribution < -0.4 is 15.0 Å². The molecule has 2 aromatic carbocycles. The molecule has 4 atom stereocenters. The summed E-state index contributed by atoms with van der Waals surface area (Å²) in [6, 6.07) is 12.2. The smallest absolute Gasteiger partial charge is 0.319 e. The first-order chi connectivity index (χ1) is 18.9. The van der Waals surface area contributed by atoms with Gasteiger partial charge >= 0.3 is 6.01 Å². The van der Waals surface area contributed by atoms with Crippen molar-refractivity contribution in [3.63, 3.8) is 0 Å². The zero-order valence-corrected chi connectivity index (χ0v) is 22.4. The van der Waals surface area contributed by atoms with Crippen LogP contribution in [0.25, 0.3) is 32.9 Å². The largest absolute Gasteiger partial charge is 0.463 e. The molecule has 4 unspecified atom stereocenters. The second-order valence-corrected chi connectivity index (χ2v) is 11.4. The van der Waals surface area contributed by atoms with E-state index in [9.17, 15) is 5.11 Å². The molecule has 7 rings (SSSR count). The number of aliphatic hydroxyl groups is 1. The topological polar surface area (TPSA) is 86.6 Å². The van der Waals surface area contributed by atoms with Gasteiger partial charge in [-0.2, -0.15) is 9.97 Å². The number of pyridine rings is 1. The lowest BCUT2D eigenvalue weighted by Gasteiger charge is -2.34. The number of aromatic nitrogens is 3. The van der Waals surface area contributed by atoms with Crippen LogP contribution in [-0.2, 0) is 0 Å². The lowest BCUT2D eigenvalue weighted by Crippen LogP contribution is -2.51. The van der Waals surface area contributed by atoms with E-state index < -0.39 is 12.0 Å². The molecule has 0 radical (unpaired) electrons. The first kappa shape index (κ1) is 24.9. The van der Waals surface area contributed by atoms with Crippen LogP contribution in [0, 0.1) is 11.7 Å². The maximum Gasteiger partial charge on any atom is 0.319 e. The molecule has 2 bridgehead atoms. The molecular formula is C29H30ClFN6O2. The molecule has 8 nitrogen and oxygen atoms in total. The first-order valence-electron chi connectivity index (χ1n) is 13.5. The number of ether oxygens (including phenoxy) is 1. The Morgan fingerprint density at radius 1 is 1.10 bits per heavy atom. The van der Waals surface area contributed by atoms with E-state index in [-0.39, 0.29) is 23.1 Å². The quantitative estimate of drug-likeness (QED) is 0.383. The molecule has 10 heteroatoms. The lowest BCUT2D eigenvalue weighted by molar-refractivity contribution is 0.0569. The molecule has 0 spiro atoms. The van der Waals surface area contributed by atoms with Gasteiger partial charge in [-0.1, -0.05) is 41.9 Å². The number of nitrogens with one attached hydrogen (secondary N) is 1. The molecule has 0 saturated carbocycles. The number of hydrogen-bond donors (Lipinski definition) is 2. The van der Waals surface area contributed by atoms with Crippen molar-refractivity contribution in [1.82, 2.24) is 25.2 Å². The second-order valence-electron chi connectivity index (χ2n) is 11.0. The predicted octanol–water partition coefficient (Wildman–Crippen LogP) is 4.23. The molecule has 4 aromatic rings. The maximum atomic E-state index is 16.4. The normalized spacial score (nSPS) is 25.2. The van der Waals surface area contributed by atoms with Crippen LogP contribution in [0.5, 0.6) is 6.01 Å². The molecule has 0 amide bonds. The highest BCUT2D eigenvalue weighted by atomic mass is 35.5. The molecule has 3 saturated heterocycles. The minimum absolute atomic E-state index is 0.137. The van der Waals surface area contributed by atoms with Crippen molar-refractivity contribution in [2.75, 3.05) is 38.2 Å². The van der Waals surface area contributed by atoms with Crippen LogP contribution >= 0.6 is 11.6 Å². The van der Waals surface area contributed by atoms with E-state index in [2.05, 4.69) is 20.2 Å². The van der Waals surface area contributed by atoms with Gasteiger partial charge in [0.15, 0.2) is 5.82 Å². The summed E-state index contributed by atoms with van der Waals surface area (Å²) in [4.78, 5) is 18.1. The van der Waals surface area contributed by atoms with E-state index in [0.717, 1.165) is 36.7 Å². The summed E-state index contributed by atoms with van der Waals surface area (Å²) in [7, 11) is 1.89. The van der Waals surface area contributed by atoms with E-state index >= 15 is 4.39 Å². The summed E-state index contributed by atoms with van der Waals surface area (Å²) >= 11 is 6.56. The van der Waals surface area contributed by atoms with Gasteiger partial charge in [0, 0.05) is 59.8 Å². The van der Waals surface area contributed by atoms with Gasteiger partial charge in [0.05, 0.1) is 12.0 Å². The molecule has 3 fully saturated rings. The third kappa shape index (κ3) is 4.47. The Labute approximate surface area is 230 Å². The minimum atomic E-state index is -0.525. The van der Waals surface area contributed by atoms with Gasteiger partial charge in [0.1, 0.15) is 23.3 Å². The van der Waals surface area contributed by atoms with E-state index in [1.54, 1.807) is 12.3 Å². The number of piperazine rings is 1. The number of hydrogen-bond acceptors (Lipinski definition) is 8. The highest BCUT2D eigenvalue weighted by molar-refractivity contribution is 6.36. The Bertz CT molecular complexity index is 1540. The van der Waals surface area contributed by atoms with Gasteiger partial charge < -0.3 is 20.1 Å². The predicted molar refractivity (Wildman–Crippen MR) is 150 cm³/mol. The summed E-state index contributed by atoms with van der Waals surface area (Å²) in [5.74, 6) is 0.256. The van der Waals surface area contributed by atoms with Crippen molar-refractivity contribution in [2.24, 2.45) is 5.92 Å². The Hall–Kier alpha value is -3.11. The van der Waals surface area contributed by atoms with Gasteiger partial charge in [-0.3, -0.25) is 9.88 Å². The van der Waals surface area contributed by atoms with Crippen molar-refractivity contribution in [2.45, 2.75) is 37.6 Å². The summed E-state index contributed by atoms with van der Waals surface area (Å²) < 4.78 is 22.5. The number of aliphatic hydroxyl groups excluding tert-OH is 1. The number of benzene rings is 2. The molecule has 39 heavy (non-hydrogen) atoms. The molecule has 202 valence electrons. The number of rotatable bonds is 5. The Morgan fingerprint density at radius 3 is 2.62 bits per heavy atom. The third-order valence-electron chi connectivity index (χ3n) is 8.32. The summed E-state index contributed by atoms with van der Waals surface area (Å²) in [5, 5.41) is 16.5. The maximum absolute atomic E-state index is 16.4. The van der Waals surface area contributed by atoms with Crippen molar-refractivity contribution in [1.29, 1.82) is 0 Å². The minimum Gasteiger partial charge on any atom is -0.463 e. The third-order valence-corrected chi connectivity index (χ3v) is 8.63. The second kappa shape index (κ2) is 9.82. The van der Waals surface area contributed by atoms with Gasteiger partial charge in [-0.05, 0) is 37.8 Å². The zero-order valence-electron chi connectivity index (χ0n) is 21.6. The monoisotopic (exact) mass is 548 g/mol. The van der Waals surface area contributed by atoms with Crippen LogP contribution in [0.3, 0.4) is 0 Å². The van der Waals surface area contributed by atoms with Crippen LogP contribution in [0.15, 0.2) is 42.6 Å². The molecule has 3 aliphatic heterocycles.